The van der Waals surface area contributed by atoms with Crippen LogP contribution < -0.4 is 14.8 Å². The smallest absolute Gasteiger partial charge is 0.407 e. The summed E-state index contributed by atoms with van der Waals surface area (Å²) < 4.78 is 23.2. The van der Waals surface area contributed by atoms with E-state index in [1.165, 1.54) is 13.8 Å². The van der Waals surface area contributed by atoms with Crippen LogP contribution in [0.5, 0.6) is 11.5 Å². The predicted octanol–water partition coefficient (Wildman–Crippen LogP) is 1.09. The van der Waals surface area contributed by atoms with Crippen LogP contribution >= 0.6 is 0 Å². The topological polar surface area (TPSA) is 164 Å². The number of ether oxygens (including phenoxy) is 4. The maximum absolute atomic E-state index is 13.2. The number of piperidine rings is 1. The Balaban J connectivity index is 1.17. The number of amides is 2. The number of carbonyl (C=O) groups excluding carboxylic acids is 3. The average molecular weight is 600 g/mol. The van der Waals surface area contributed by atoms with Gasteiger partial charge in [0, 0.05) is 24.6 Å². The number of hydrogen-bond acceptors (Lipinski definition) is 10. The van der Waals surface area contributed by atoms with Gasteiger partial charge < -0.3 is 39.4 Å². The fourth-order valence-corrected chi connectivity index (χ4v) is 7.75. The minimum Gasteiger partial charge on any atom is -0.493 e. The van der Waals surface area contributed by atoms with Gasteiger partial charge in [-0.15, -0.1) is 0 Å². The van der Waals surface area contributed by atoms with E-state index in [1.807, 2.05) is 19.2 Å². The Morgan fingerprint density at radius 3 is 2.65 bits per heavy atom. The van der Waals surface area contributed by atoms with Crippen molar-refractivity contribution in [3.63, 3.8) is 0 Å². The standard InChI is InChI=1S/C30H37N3O10/c1-15(31-25(34)18-6-5-12-33(18)28(37)38)26(35)41-16(2)27(36)42-20-9-10-30(39)21-14-17-7-8-19(40-4)23-22(17)29(30,24(20)43-23)11-13-32(21)3/h7-9,15-16,18,21,24,39H,5-6,10-14H2,1-4H3,(H,31,34)(H,37,38)/t15?,16?,18?,21-,24+,29+,30-/m1/s1. The van der Waals surface area contributed by atoms with Gasteiger partial charge in [-0.1, -0.05) is 6.07 Å². The van der Waals surface area contributed by atoms with Crippen molar-refractivity contribution < 1.29 is 48.3 Å². The number of likely N-dealkylation sites (N-methyl/N-ethyl adjacent to an activating group) is 1. The van der Waals surface area contributed by atoms with Crippen molar-refractivity contribution in [1.29, 1.82) is 0 Å². The number of aliphatic hydroxyl groups is 1. The number of esters is 2. The van der Waals surface area contributed by atoms with E-state index in [0.29, 0.717) is 43.7 Å². The van der Waals surface area contributed by atoms with E-state index in [9.17, 15) is 29.4 Å². The molecule has 0 aromatic heterocycles. The highest BCUT2D eigenvalue weighted by atomic mass is 16.6. The molecule has 3 heterocycles. The molecule has 2 fully saturated rings. The van der Waals surface area contributed by atoms with Gasteiger partial charge in [0.1, 0.15) is 17.8 Å². The summed E-state index contributed by atoms with van der Waals surface area (Å²) in [7, 11) is 3.56. The quantitative estimate of drug-likeness (QED) is 0.385. The predicted molar refractivity (Wildman–Crippen MR) is 148 cm³/mol. The van der Waals surface area contributed by atoms with E-state index in [4.69, 9.17) is 18.9 Å². The van der Waals surface area contributed by atoms with Crippen LogP contribution in [0.25, 0.3) is 0 Å². The van der Waals surface area contributed by atoms with Crippen molar-refractivity contribution in [2.45, 2.75) is 87.3 Å². The zero-order valence-corrected chi connectivity index (χ0v) is 24.6. The van der Waals surface area contributed by atoms with Crippen LogP contribution in [-0.4, -0.2) is 107 Å². The third-order valence-corrected chi connectivity index (χ3v) is 9.91. The lowest BCUT2D eigenvalue weighted by Gasteiger charge is -2.61. The van der Waals surface area contributed by atoms with Crippen LogP contribution in [0.4, 0.5) is 4.79 Å². The molecule has 0 saturated carbocycles. The number of benzene rings is 1. The molecule has 2 saturated heterocycles. The molecule has 5 aliphatic rings. The Bertz CT molecular complexity index is 1410. The van der Waals surface area contributed by atoms with Gasteiger partial charge in [-0.25, -0.2) is 14.4 Å². The number of nitrogens with zero attached hydrogens (tertiary/aromatic N) is 2. The van der Waals surface area contributed by atoms with Crippen molar-refractivity contribution in [3.8, 4) is 11.5 Å². The fourth-order valence-electron chi connectivity index (χ4n) is 7.75. The highest BCUT2D eigenvalue weighted by Crippen LogP contribution is 2.65. The summed E-state index contributed by atoms with van der Waals surface area (Å²) in [5.74, 6) is -0.982. The first-order chi connectivity index (χ1) is 20.4. The van der Waals surface area contributed by atoms with Gasteiger partial charge in [0.15, 0.2) is 23.7 Å². The lowest BCUT2D eigenvalue weighted by Crippen LogP contribution is -2.74. The van der Waals surface area contributed by atoms with E-state index in [1.54, 1.807) is 13.2 Å². The molecule has 13 nitrogen and oxygen atoms in total. The van der Waals surface area contributed by atoms with Gasteiger partial charge in [-0.2, -0.15) is 0 Å². The molecule has 1 spiro atoms. The summed E-state index contributed by atoms with van der Waals surface area (Å²) in [5.41, 5.74) is -0.0473. The second-order valence-electron chi connectivity index (χ2n) is 12.2. The van der Waals surface area contributed by atoms with E-state index in [-0.39, 0.29) is 24.8 Å². The molecule has 3 aliphatic heterocycles. The SMILES string of the molecule is COc1ccc2c3c1O[C@H]1C(OC(=O)C(C)OC(=O)C(C)NC(=O)C4CCCN4C(=O)O)=CC[C@@]4(O)[C@@H](C2)N(C)CC[C@]314. The van der Waals surface area contributed by atoms with E-state index in [0.717, 1.165) is 16.0 Å². The summed E-state index contributed by atoms with van der Waals surface area (Å²) in [6, 6.07) is 1.69. The molecule has 2 amide bonds. The number of likely N-dealkylation sites (tertiary alicyclic amines) is 2. The van der Waals surface area contributed by atoms with Gasteiger partial charge in [0.25, 0.3) is 0 Å². The van der Waals surface area contributed by atoms with Crippen LogP contribution in [0.1, 0.15) is 50.7 Å². The molecule has 7 atom stereocenters. The molecule has 2 aliphatic carbocycles. The first kappa shape index (κ1) is 29.2. The Morgan fingerprint density at radius 2 is 1.93 bits per heavy atom. The molecule has 232 valence electrons. The molecular weight excluding hydrogens is 562 g/mol. The molecule has 3 unspecified atom stereocenters. The van der Waals surface area contributed by atoms with Gasteiger partial charge in [-0.3, -0.25) is 9.69 Å². The molecule has 13 heteroatoms. The summed E-state index contributed by atoms with van der Waals surface area (Å²) in [6.45, 7) is 3.72. The minimum atomic E-state index is -1.32. The van der Waals surface area contributed by atoms with Crippen molar-refractivity contribution >= 4 is 23.9 Å². The Kier molecular flexibility index (Phi) is 7.08. The number of methoxy groups -OCH3 is 1. The number of carboxylic acid groups (broad SMARTS) is 1. The summed E-state index contributed by atoms with van der Waals surface area (Å²) in [4.78, 5) is 53.2. The molecular formula is C30H37N3O10. The average Bonchev–Trinajstić information content (AvgIpc) is 3.60. The monoisotopic (exact) mass is 599 g/mol. The molecule has 2 bridgehead atoms. The van der Waals surface area contributed by atoms with E-state index < -0.39 is 59.2 Å². The van der Waals surface area contributed by atoms with Crippen molar-refractivity contribution in [3.05, 3.63) is 35.1 Å². The second kappa shape index (κ2) is 10.4. The largest absolute Gasteiger partial charge is 0.493 e. The summed E-state index contributed by atoms with van der Waals surface area (Å²) >= 11 is 0. The molecule has 3 N–H and O–H groups in total. The Morgan fingerprint density at radius 1 is 1.16 bits per heavy atom. The number of rotatable bonds is 7. The first-order valence-corrected chi connectivity index (χ1v) is 14.6. The van der Waals surface area contributed by atoms with Crippen LogP contribution in [0, 0.1) is 0 Å². The van der Waals surface area contributed by atoms with Gasteiger partial charge in [-0.05, 0) is 70.8 Å². The summed E-state index contributed by atoms with van der Waals surface area (Å²) in [6.07, 6.45) is 0.735. The molecule has 1 aromatic rings. The number of hydrogen-bond donors (Lipinski definition) is 3. The zero-order valence-electron chi connectivity index (χ0n) is 24.6. The van der Waals surface area contributed by atoms with Crippen LogP contribution in [0.3, 0.4) is 0 Å². The van der Waals surface area contributed by atoms with E-state index in [2.05, 4.69) is 10.2 Å². The second-order valence-corrected chi connectivity index (χ2v) is 12.2. The Hall–Kier alpha value is -3.84. The van der Waals surface area contributed by atoms with Gasteiger partial charge >= 0.3 is 18.0 Å². The van der Waals surface area contributed by atoms with Gasteiger partial charge in [0.05, 0.1) is 18.1 Å². The van der Waals surface area contributed by atoms with Gasteiger partial charge in [0.2, 0.25) is 5.91 Å². The van der Waals surface area contributed by atoms with Crippen LogP contribution in [0.15, 0.2) is 24.0 Å². The fraction of sp³-hybridized carbons (Fsp3) is 0.600. The Labute approximate surface area is 248 Å². The lowest BCUT2D eigenvalue weighted by atomic mass is 9.50. The van der Waals surface area contributed by atoms with Crippen molar-refractivity contribution in [1.82, 2.24) is 15.1 Å². The van der Waals surface area contributed by atoms with Crippen LogP contribution in [0.2, 0.25) is 0 Å². The number of nitrogens with one attached hydrogen (secondary N) is 1. The van der Waals surface area contributed by atoms with Crippen LogP contribution in [-0.2, 0) is 35.7 Å². The lowest BCUT2D eigenvalue weighted by molar-refractivity contribution is -0.176. The summed E-state index contributed by atoms with van der Waals surface area (Å²) in [5, 5.41) is 24.1. The third kappa shape index (κ3) is 4.27. The number of carbonyl (C=O) groups is 4. The van der Waals surface area contributed by atoms with Crippen molar-refractivity contribution in [2.24, 2.45) is 0 Å². The highest BCUT2D eigenvalue weighted by Gasteiger charge is 2.72. The molecule has 1 aromatic carbocycles. The minimum absolute atomic E-state index is 0.156. The maximum atomic E-state index is 13.2. The third-order valence-electron chi connectivity index (χ3n) is 9.91. The molecule has 43 heavy (non-hydrogen) atoms. The molecule has 0 radical (unpaired) electrons. The first-order valence-electron chi connectivity index (χ1n) is 14.6. The molecule has 6 rings (SSSR count). The highest BCUT2D eigenvalue weighted by molar-refractivity contribution is 5.90. The van der Waals surface area contributed by atoms with E-state index >= 15 is 0 Å². The maximum Gasteiger partial charge on any atom is 0.407 e. The zero-order chi connectivity index (χ0) is 30.8. The van der Waals surface area contributed by atoms with Crippen molar-refractivity contribution in [2.75, 3.05) is 27.2 Å². The normalized spacial score (nSPS) is 31.6.